The van der Waals surface area contributed by atoms with E-state index in [-0.39, 0.29) is 0 Å². The molecule has 0 aliphatic rings. The van der Waals surface area contributed by atoms with Gasteiger partial charge in [0.25, 0.3) is 0 Å². The van der Waals surface area contributed by atoms with Gasteiger partial charge in [0.1, 0.15) is 0 Å². The fraction of sp³-hybridized carbons (Fsp3) is 0.600. The van der Waals surface area contributed by atoms with Crippen molar-refractivity contribution in [2.75, 3.05) is 6.61 Å². The van der Waals surface area contributed by atoms with Gasteiger partial charge in [0.05, 0.1) is 12.3 Å². The van der Waals surface area contributed by atoms with Crippen LogP contribution in [0, 0.1) is 12.8 Å². The van der Waals surface area contributed by atoms with E-state index in [9.17, 15) is 0 Å². The van der Waals surface area contributed by atoms with Gasteiger partial charge in [0, 0.05) is 12.2 Å². The molecule has 0 amide bonds. The first-order valence-electron chi connectivity index (χ1n) is 4.79. The predicted molar refractivity (Wildman–Crippen MR) is 55.0 cm³/mol. The highest BCUT2D eigenvalue weighted by molar-refractivity contribution is 5.12. The third kappa shape index (κ3) is 3.30. The molecule has 0 saturated heterocycles. The molecule has 14 heavy (non-hydrogen) atoms. The summed E-state index contributed by atoms with van der Waals surface area (Å²) in [5.74, 6) is 0.473. The van der Waals surface area contributed by atoms with Crippen LogP contribution in [-0.4, -0.2) is 16.6 Å². The number of ether oxygens (including phenoxy) is 1. The average Bonchev–Trinajstić information content (AvgIpc) is 2.14. The van der Waals surface area contributed by atoms with Crippen molar-refractivity contribution >= 4 is 0 Å². The Bertz CT molecular complexity index is 299. The maximum absolute atomic E-state index is 5.50. The zero-order chi connectivity index (χ0) is 10.6. The lowest BCUT2D eigenvalue weighted by Crippen LogP contribution is -2.09. The first-order valence-corrected chi connectivity index (χ1v) is 4.79. The second-order valence-corrected chi connectivity index (χ2v) is 3.69. The van der Waals surface area contributed by atoms with Crippen LogP contribution in [0.4, 0.5) is 0 Å². The van der Waals surface area contributed by atoms with Crippen molar-refractivity contribution < 1.29 is 4.74 Å². The molecule has 1 rings (SSSR count). The smallest absolute Gasteiger partial charge is 0.316 e. The molecule has 4 heteroatoms. The summed E-state index contributed by atoms with van der Waals surface area (Å²) in [6, 6.07) is 2.29. The maximum atomic E-state index is 5.50. The monoisotopic (exact) mass is 195 g/mol. The molecule has 4 nitrogen and oxygen atoms in total. The Kier molecular flexibility index (Phi) is 3.83. The lowest BCUT2D eigenvalue weighted by Gasteiger charge is -2.08. The number of hydrogen-bond donors (Lipinski definition) is 1. The number of rotatable bonds is 4. The molecule has 1 aromatic rings. The van der Waals surface area contributed by atoms with E-state index in [1.54, 1.807) is 0 Å². The summed E-state index contributed by atoms with van der Waals surface area (Å²) in [6.07, 6.45) is 0. The fourth-order valence-corrected chi connectivity index (χ4v) is 1.01. The topological polar surface area (TPSA) is 61.0 Å². The Morgan fingerprint density at radius 3 is 2.71 bits per heavy atom. The van der Waals surface area contributed by atoms with E-state index in [0.717, 1.165) is 11.4 Å². The van der Waals surface area contributed by atoms with Crippen LogP contribution in [-0.2, 0) is 6.54 Å². The van der Waals surface area contributed by atoms with Crippen LogP contribution < -0.4 is 10.5 Å². The third-order valence-electron chi connectivity index (χ3n) is 1.64. The van der Waals surface area contributed by atoms with Crippen LogP contribution in [0.25, 0.3) is 0 Å². The number of nitrogens with zero attached hydrogens (tertiary/aromatic N) is 2. The van der Waals surface area contributed by atoms with Crippen molar-refractivity contribution in [3.05, 3.63) is 17.5 Å². The molecule has 0 aromatic carbocycles. The lowest BCUT2D eigenvalue weighted by atomic mass is 10.2. The Balaban J connectivity index is 2.71. The first-order chi connectivity index (χ1) is 6.61. The van der Waals surface area contributed by atoms with Gasteiger partial charge in [-0.2, -0.15) is 4.98 Å². The van der Waals surface area contributed by atoms with Crippen molar-refractivity contribution in [3.63, 3.8) is 0 Å². The van der Waals surface area contributed by atoms with Gasteiger partial charge in [-0.3, -0.25) is 0 Å². The molecule has 0 spiro atoms. The molecular weight excluding hydrogens is 178 g/mol. The standard InChI is InChI=1S/C10H17N3O/c1-7(2)6-14-10-12-8(3)4-9(5-11)13-10/h4,7H,5-6,11H2,1-3H3. The van der Waals surface area contributed by atoms with E-state index in [0.29, 0.717) is 25.1 Å². The zero-order valence-corrected chi connectivity index (χ0v) is 8.95. The molecule has 2 N–H and O–H groups in total. The molecule has 0 atom stereocenters. The largest absolute Gasteiger partial charge is 0.463 e. The van der Waals surface area contributed by atoms with Crippen molar-refractivity contribution in [1.82, 2.24) is 9.97 Å². The summed E-state index contributed by atoms with van der Waals surface area (Å²) in [6.45, 7) is 7.12. The van der Waals surface area contributed by atoms with Crippen molar-refractivity contribution in [2.45, 2.75) is 27.3 Å². The highest BCUT2D eigenvalue weighted by Crippen LogP contribution is 2.07. The summed E-state index contributed by atoms with van der Waals surface area (Å²) >= 11 is 0. The van der Waals surface area contributed by atoms with E-state index < -0.39 is 0 Å². The van der Waals surface area contributed by atoms with Crippen LogP contribution in [0.3, 0.4) is 0 Å². The highest BCUT2D eigenvalue weighted by Gasteiger charge is 2.03. The number of hydrogen-bond acceptors (Lipinski definition) is 4. The molecule has 0 unspecified atom stereocenters. The average molecular weight is 195 g/mol. The Morgan fingerprint density at radius 2 is 2.14 bits per heavy atom. The van der Waals surface area contributed by atoms with Gasteiger partial charge in [-0.1, -0.05) is 13.8 Å². The van der Waals surface area contributed by atoms with Gasteiger partial charge >= 0.3 is 6.01 Å². The number of aryl methyl sites for hydroxylation is 1. The van der Waals surface area contributed by atoms with Crippen LogP contribution >= 0.6 is 0 Å². The van der Waals surface area contributed by atoms with E-state index in [1.807, 2.05) is 13.0 Å². The van der Waals surface area contributed by atoms with Gasteiger partial charge in [-0.15, -0.1) is 0 Å². The van der Waals surface area contributed by atoms with Crippen LogP contribution in [0.1, 0.15) is 25.2 Å². The Hall–Kier alpha value is -1.16. The minimum absolute atomic E-state index is 0.418. The van der Waals surface area contributed by atoms with Gasteiger partial charge in [0.2, 0.25) is 0 Å². The maximum Gasteiger partial charge on any atom is 0.316 e. The second-order valence-electron chi connectivity index (χ2n) is 3.69. The Morgan fingerprint density at radius 1 is 1.43 bits per heavy atom. The third-order valence-corrected chi connectivity index (χ3v) is 1.64. The second kappa shape index (κ2) is 4.91. The summed E-state index contributed by atoms with van der Waals surface area (Å²) in [5, 5.41) is 0. The SMILES string of the molecule is Cc1cc(CN)nc(OCC(C)C)n1. The van der Waals surface area contributed by atoms with E-state index in [1.165, 1.54) is 0 Å². The molecule has 0 fully saturated rings. The van der Waals surface area contributed by atoms with Crippen LogP contribution in [0.5, 0.6) is 6.01 Å². The summed E-state index contributed by atoms with van der Waals surface area (Å²) in [5.41, 5.74) is 7.20. The summed E-state index contributed by atoms with van der Waals surface area (Å²) in [4.78, 5) is 8.33. The highest BCUT2D eigenvalue weighted by atomic mass is 16.5. The minimum atomic E-state index is 0.418. The first kappa shape index (κ1) is 10.9. The van der Waals surface area contributed by atoms with Crippen LogP contribution in [0.2, 0.25) is 0 Å². The fourth-order valence-electron chi connectivity index (χ4n) is 1.01. The molecule has 78 valence electrons. The van der Waals surface area contributed by atoms with Crippen molar-refractivity contribution in [3.8, 4) is 6.01 Å². The molecule has 0 saturated carbocycles. The lowest BCUT2D eigenvalue weighted by molar-refractivity contribution is 0.249. The van der Waals surface area contributed by atoms with E-state index in [2.05, 4.69) is 23.8 Å². The van der Waals surface area contributed by atoms with Gasteiger partial charge in [-0.05, 0) is 18.9 Å². The molecule has 0 aliphatic carbocycles. The summed E-state index contributed by atoms with van der Waals surface area (Å²) in [7, 11) is 0. The van der Waals surface area contributed by atoms with E-state index >= 15 is 0 Å². The molecule has 1 aromatic heterocycles. The van der Waals surface area contributed by atoms with E-state index in [4.69, 9.17) is 10.5 Å². The minimum Gasteiger partial charge on any atom is -0.463 e. The Labute approximate surface area is 84.5 Å². The quantitative estimate of drug-likeness (QED) is 0.786. The summed E-state index contributed by atoms with van der Waals surface area (Å²) < 4.78 is 5.41. The molecular formula is C10H17N3O. The van der Waals surface area contributed by atoms with Gasteiger partial charge < -0.3 is 10.5 Å². The number of aromatic nitrogens is 2. The normalized spacial score (nSPS) is 10.6. The molecule has 0 radical (unpaired) electrons. The molecule has 0 bridgehead atoms. The van der Waals surface area contributed by atoms with Crippen molar-refractivity contribution in [2.24, 2.45) is 11.7 Å². The molecule has 0 aliphatic heterocycles. The zero-order valence-electron chi connectivity index (χ0n) is 8.95. The predicted octanol–water partition coefficient (Wildman–Crippen LogP) is 1.28. The van der Waals surface area contributed by atoms with Gasteiger partial charge in [-0.25, -0.2) is 4.98 Å². The van der Waals surface area contributed by atoms with Crippen LogP contribution in [0.15, 0.2) is 6.07 Å². The van der Waals surface area contributed by atoms with Gasteiger partial charge in [0.15, 0.2) is 0 Å². The van der Waals surface area contributed by atoms with Crippen molar-refractivity contribution in [1.29, 1.82) is 0 Å². The molecule has 1 heterocycles. The number of nitrogens with two attached hydrogens (primary N) is 1.